The monoisotopic (exact) mass is 951 g/mol. The van der Waals surface area contributed by atoms with Crippen LogP contribution < -0.4 is 34.8 Å². The molecule has 0 bridgehead atoms. The Balaban J connectivity index is 0.670. The molecule has 1 unspecified atom stereocenters. The van der Waals surface area contributed by atoms with Gasteiger partial charge in [0.2, 0.25) is 27.8 Å². The normalized spacial score (nSPS) is 20.8. The number of piperazine rings is 1. The molecule has 4 aromatic rings. The van der Waals surface area contributed by atoms with E-state index in [1.807, 2.05) is 36.4 Å². The van der Waals surface area contributed by atoms with E-state index in [0.717, 1.165) is 100 Å². The summed E-state index contributed by atoms with van der Waals surface area (Å²) in [6, 6.07) is 16.6. The Morgan fingerprint density at radius 2 is 1.57 bits per heavy atom. The quantitative estimate of drug-likeness (QED) is 0.159. The van der Waals surface area contributed by atoms with Crippen molar-refractivity contribution >= 4 is 85.5 Å². The molecule has 20 heteroatoms. The number of fused-ring (bicyclic) bond motifs is 2. The first-order valence-electron chi connectivity index (χ1n) is 23.0. The summed E-state index contributed by atoms with van der Waals surface area (Å²) in [5.41, 5.74) is 5.44. The van der Waals surface area contributed by atoms with Crippen molar-refractivity contribution in [2.45, 2.75) is 50.6 Å². The Hall–Kier alpha value is -6.02. The van der Waals surface area contributed by atoms with E-state index < -0.39 is 33.8 Å². The summed E-state index contributed by atoms with van der Waals surface area (Å²) in [7, 11) is -1.82. The smallest absolute Gasteiger partial charge is 0.262 e. The molecule has 7 heterocycles. The number of hydrogen-bond acceptors (Lipinski definition) is 15. The maximum atomic E-state index is 13.3. The van der Waals surface area contributed by atoms with Gasteiger partial charge in [-0.3, -0.25) is 38.6 Å². The number of nitrogens with zero attached hydrogens (tertiary/aromatic N) is 8. The molecule has 0 spiro atoms. The molecule has 0 aliphatic carbocycles. The molecular formula is C47H54ClN11O7S. The van der Waals surface area contributed by atoms with E-state index in [1.54, 1.807) is 19.2 Å². The van der Waals surface area contributed by atoms with Crippen molar-refractivity contribution in [3.8, 4) is 5.75 Å². The summed E-state index contributed by atoms with van der Waals surface area (Å²) in [5.74, 6) is -0.102. The van der Waals surface area contributed by atoms with Crippen LogP contribution in [-0.2, 0) is 26.0 Å². The van der Waals surface area contributed by atoms with E-state index in [2.05, 4.69) is 51.6 Å². The number of carbonyl (C=O) groups excluding carboxylic acids is 4. The highest BCUT2D eigenvalue weighted by Crippen LogP contribution is 2.40. The summed E-state index contributed by atoms with van der Waals surface area (Å²) in [5, 5.41) is 9.06. The highest BCUT2D eigenvalue weighted by atomic mass is 35.5. The predicted octanol–water partition coefficient (Wildman–Crippen LogP) is 4.46. The maximum absolute atomic E-state index is 13.3. The van der Waals surface area contributed by atoms with Crippen molar-refractivity contribution in [2.24, 2.45) is 5.92 Å². The van der Waals surface area contributed by atoms with Crippen LogP contribution in [0.2, 0.25) is 5.02 Å². The van der Waals surface area contributed by atoms with Crippen molar-refractivity contribution in [1.29, 1.82) is 0 Å². The number of rotatable bonds is 13. The fourth-order valence-corrected chi connectivity index (χ4v) is 11.5. The molecular weight excluding hydrogens is 898 g/mol. The minimum absolute atomic E-state index is 0.0951. The molecule has 1 aromatic heterocycles. The van der Waals surface area contributed by atoms with Crippen molar-refractivity contribution < 1.29 is 32.3 Å². The van der Waals surface area contributed by atoms with Gasteiger partial charge < -0.3 is 30.1 Å². The number of para-hydroxylation sites is 1. The summed E-state index contributed by atoms with van der Waals surface area (Å²) in [4.78, 5) is 70.5. The fourth-order valence-electron chi connectivity index (χ4n) is 10.4. The van der Waals surface area contributed by atoms with Gasteiger partial charge in [-0.15, -0.1) is 0 Å². The molecule has 1 atom stereocenters. The topological polar surface area (TPSA) is 193 Å². The number of imide groups is 2. The van der Waals surface area contributed by atoms with Gasteiger partial charge in [-0.2, -0.15) is 4.98 Å². The van der Waals surface area contributed by atoms with Gasteiger partial charge in [0.15, 0.2) is 5.82 Å². The summed E-state index contributed by atoms with van der Waals surface area (Å²) < 4.78 is 32.3. The highest BCUT2D eigenvalue weighted by molar-refractivity contribution is 7.92. The second-order valence-electron chi connectivity index (χ2n) is 18.3. The number of ether oxygens (including phenoxy) is 1. The Kier molecular flexibility index (Phi) is 12.2. The molecule has 67 heavy (non-hydrogen) atoms. The zero-order valence-electron chi connectivity index (χ0n) is 37.5. The summed E-state index contributed by atoms with van der Waals surface area (Å²) in [6.07, 6.45) is 6.83. The van der Waals surface area contributed by atoms with Gasteiger partial charge in [-0.05, 0) is 86.5 Å². The van der Waals surface area contributed by atoms with Crippen molar-refractivity contribution in [3.05, 3.63) is 82.5 Å². The number of halogens is 1. The van der Waals surface area contributed by atoms with Crippen LogP contribution >= 0.6 is 11.6 Å². The Morgan fingerprint density at radius 3 is 2.31 bits per heavy atom. The molecule has 0 radical (unpaired) electrons. The lowest BCUT2D eigenvalue weighted by Gasteiger charge is -2.45. The number of carbonyl (C=O) groups is 4. The zero-order valence-corrected chi connectivity index (χ0v) is 39.1. The molecule has 4 fully saturated rings. The number of hydrogen-bond donors (Lipinski definition) is 3. The molecule has 4 saturated heterocycles. The van der Waals surface area contributed by atoms with Crippen molar-refractivity contribution in [1.82, 2.24) is 30.0 Å². The minimum Gasteiger partial charge on any atom is -0.494 e. The van der Waals surface area contributed by atoms with Crippen LogP contribution in [-0.4, -0.2) is 148 Å². The fraction of sp³-hybridized carbons (Fsp3) is 0.447. The number of amides is 4. The van der Waals surface area contributed by atoms with Gasteiger partial charge in [0, 0.05) is 88.8 Å². The van der Waals surface area contributed by atoms with E-state index in [-0.39, 0.29) is 23.8 Å². The Labute approximate surface area is 394 Å². The molecule has 3 N–H and O–H groups in total. The Morgan fingerprint density at radius 1 is 0.821 bits per heavy atom. The second-order valence-corrected chi connectivity index (χ2v) is 20.6. The lowest BCUT2D eigenvalue weighted by atomic mass is 9.94. The van der Waals surface area contributed by atoms with Crippen LogP contribution in [0.25, 0.3) is 0 Å². The van der Waals surface area contributed by atoms with Crippen LogP contribution in [0.5, 0.6) is 5.75 Å². The summed E-state index contributed by atoms with van der Waals surface area (Å²) in [6.45, 7) is 9.34. The van der Waals surface area contributed by atoms with Gasteiger partial charge in [0.05, 0.1) is 47.8 Å². The number of aromatic nitrogens is 2. The van der Waals surface area contributed by atoms with E-state index in [0.29, 0.717) is 70.6 Å². The van der Waals surface area contributed by atoms with E-state index >= 15 is 0 Å². The van der Waals surface area contributed by atoms with Crippen LogP contribution in [0, 0.1) is 5.92 Å². The van der Waals surface area contributed by atoms with Crippen LogP contribution in [0.15, 0.2) is 60.8 Å². The first kappa shape index (κ1) is 44.8. The number of methoxy groups -OCH3 is 1. The molecule has 10 rings (SSSR count). The average Bonchev–Trinajstić information content (AvgIpc) is 3.86. The largest absolute Gasteiger partial charge is 0.494 e. The van der Waals surface area contributed by atoms with Gasteiger partial charge in [-0.25, -0.2) is 13.4 Å². The molecule has 6 aliphatic heterocycles. The van der Waals surface area contributed by atoms with E-state index in [9.17, 15) is 27.6 Å². The minimum atomic E-state index is -3.47. The lowest BCUT2D eigenvalue weighted by molar-refractivity contribution is -0.136. The van der Waals surface area contributed by atoms with Crippen molar-refractivity contribution in [2.75, 3.05) is 104 Å². The number of nitrogens with one attached hydrogen (secondary N) is 3. The zero-order chi connectivity index (χ0) is 46.6. The Bertz CT molecular complexity index is 2740. The van der Waals surface area contributed by atoms with Crippen LogP contribution in [0.1, 0.15) is 58.4 Å². The molecule has 18 nitrogen and oxygen atoms in total. The third-order valence-electron chi connectivity index (χ3n) is 14.1. The maximum Gasteiger partial charge on any atom is 0.262 e. The average molecular weight is 953 g/mol. The molecule has 4 amide bonds. The molecule has 0 saturated carbocycles. The van der Waals surface area contributed by atoms with Crippen LogP contribution in [0.3, 0.4) is 0 Å². The first-order valence-corrected chi connectivity index (χ1v) is 25.2. The van der Waals surface area contributed by atoms with Gasteiger partial charge in [0.1, 0.15) is 16.8 Å². The highest BCUT2D eigenvalue weighted by Gasteiger charge is 2.45. The predicted molar refractivity (Wildman–Crippen MR) is 256 cm³/mol. The van der Waals surface area contributed by atoms with Gasteiger partial charge in [-0.1, -0.05) is 23.7 Å². The van der Waals surface area contributed by atoms with Gasteiger partial charge in [0.25, 0.3) is 11.8 Å². The molecule has 352 valence electrons. The molecule has 6 aliphatic rings. The number of benzene rings is 3. The molecule has 3 aromatic carbocycles. The van der Waals surface area contributed by atoms with Crippen LogP contribution in [0.4, 0.5) is 40.2 Å². The SMILES string of the molecule is COc1cc(N2CCC(N3CCN(CCC4CN(c5ccc6c(c5)C(=O)N(C5CCC(=O)NC5=O)C6=O)C4)CC3)CC2)ccc1Nc1ncc(Cl)c(Nc2cccc3c2N(S(C)(=O)=O)CC3)n1. The van der Waals surface area contributed by atoms with Crippen molar-refractivity contribution in [3.63, 3.8) is 0 Å². The number of sulfonamides is 1. The van der Waals surface area contributed by atoms with E-state index in [1.165, 1.54) is 16.8 Å². The standard InChI is InChI=1S/C47H54ClN11O7S/c1-66-40-25-33(7-9-37(40)51-47-49-26-36(48)43(53-47)50-38-5-3-4-30-13-19-58(42(30)38)67(2,64)65)55-17-14-31(15-18-55)56-22-20-54(21-23-56)16-12-29-27-57(28-29)32-6-8-34-35(24-32)46(63)59(45(34)62)39-10-11-41(60)52-44(39)61/h3-9,24-26,29,31,39H,10-23,27-28H2,1-2H3,(H,52,60,61)(H2,49,50,51,53). The second kappa shape index (κ2) is 18.2. The first-order chi connectivity index (χ1) is 32.3. The van der Waals surface area contributed by atoms with E-state index in [4.69, 9.17) is 16.3 Å². The lowest BCUT2D eigenvalue weighted by Crippen LogP contribution is -2.54. The summed E-state index contributed by atoms with van der Waals surface area (Å²) >= 11 is 6.54. The number of piperidine rings is 2. The third-order valence-corrected chi connectivity index (χ3v) is 15.6. The number of anilines is 7. The third kappa shape index (κ3) is 8.96. The van der Waals surface area contributed by atoms with Gasteiger partial charge >= 0.3 is 0 Å².